The third-order valence-electron chi connectivity index (χ3n) is 4.02. The molecule has 1 heterocycles. The number of aliphatic hydroxyl groups excluding tert-OH is 1. The molecule has 2 aromatic rings. The highest BCUT2D eigenvalue weighted by Gasteiger charge is 2.20. The molecule has 1 aliphatic rings. The van der Waals surface area contributed by atoms with Gasteiger partial charge < -0.3 is 14.8 Å². The summed E-state index contributed by atoms with van der Waals surface area (Å²) in [7, 11) is 0. The van der Waals surface area contributed by atoms with Crippen LogP contribution in [0.4, 0.5) is 0 Å². The quantitative estimate of drug-likeness (QED) is 0.903. The normalized spacial score (nSPS) is 22.9. The Morgan fingerprint density at radius 3 is 2.75 bits per heavy atom. The van der Waals surface area contributed by atoms with Gasteiger partial charge in [-0.3, -0.25) is 4.79 Å². The summed E-state index contributed by atoms with van der Waals surface area (Å²) in [5, 5.41) is 13.3. The molecule has 1 saturated carbocycles. The highest BCUT2D eigenvalue weighted by molar-refractivity contribution is 5.96. The topological polar surface area (TPSA) is 62.5 Å². The van der Waals surface area contributed by atoms with Gasteiger partial charge in [0.2, 0.25) is 0 Å². The van der Waals surface area contributed by atoms with E-state index in [4.69, 9.17) is 4.42 Å². The van der Waals surface area contributed by atoms with Crippen LogP contribution >= 0.6 is 0 Å². The number of fused-ring (bicyclic) bond motifs is 1. The standard InChI is InChI=1S/C16H19NO3/c18-13-7-5-11(6-8-13)10-17-16(19)15-9-12-3-1-2-4-14(12)20-15/h1-4,9,11,13,18H,5-8,10H2,(H,17,19). The second kappa shape index (κ2) is 5.67. The zero-order valence-electron chi connectivity index (χ0n) is 11.3. The van der Waals surface area contributed by atoms with Gasteiger partial charge in [-0.25, -0.2) is 0 Å². The van der Waals surface area contributed by atoms with E-state index in [0.717, 1.165) is 36.7 Å². The molecule has 4 heteroatoms. The van der Waals surface area contributed by atoms with E-state index in [0.29, 0.717) is 18.2 Å². The highest BCUT2D eigenvalue weighted by Crippen LogP contribution is 2.24. The van der Waals surface area contributed by atoms with Crippen molar-refractivity contribution >= 4 is 16.9 Å². The third-order valence-corrected chi connectivity index (χ3v) is 4.02. The van der Waals surface area contributed by atoms with Gasteiger partial charge >= 0.3 is 0 Å². The Bertz CT molecular complexity index is 564. The van der Waals surface area contributed by atoms with E-state index in [9.17, 15) is 9.90 Å². The average molecular weight is 273 g/mol. The fourth-order valence-corrected chi connectivity index (χ4v) is 2.77. The number of aliphatic hydroxyl groups is 1. The predicted octanol–water partition coefficient (Wildman–Crippen LogP) is 2.71. The molecule has 0 saturated heterocycles. The first-order chi connectivity index (χ1) is 9.72. The summed E-state index contributed by atoms with van der Waals surface area (Å²) in [4.78, 5) is 12.1. The summed E-state index contributed by atoms with van der Waals surface area (Å²) in [5.74, 6) is 0.668. The number of carbonyl (C=O) groups is 1. The number of nitrogens with one attached hydrogen (secondary N) is 1. The predicted molar refractivity (Wildman–Crippen MR) is 76.5 cm³/mol. The SMILES string of the molecule is O=C(NCC1CCC(O)CC1)c1cc2ccccc2o1. The minimum Gasteiger partial charge on any atom is -0.451 e. The summed E-state index contributed by atoms with van der Waals surface area (Å²) in [5.41, 5.74) is 0.735. The third kappa shape index (κ3) is 2.85. The van der Waals surface area contributed by atoms with E-state index in [1.165, 1.54) is 0 Å². The molecule has 1 aromatic heterocycles. The molecule has 0 bridgehead atoms. The Morgan fingerprint density at radius 2 is 2.00 bits per heavy atom. The minimum atomic E-state index is -0.160. The number of hydrogen-bond acceptors (Lipinski definition) is 3. The lowest BCUT2D eigenvalue weighted by Crippen LogP contribution is -2.31. The Hall–Kier alpha value is -1.81. The molecule has 20 heavy (non-hydrogen) atoms. The Kier molecular flexibility index (Phi) is 3.74. The van der Waals surface area contributed by atoms with Crippen molar-refractivity contribution in [3.05, 3.63) is 36.1 Å². The lowest BCUT2D eigenvalue weighted by molar-refractivity contribution is 0.0888. The van der Waals surface area contributed by atoms with Crippen LogP contribution in [0, 0.1) is 5.92 Å². The summed E-state index contributed by atoms with van der Waals surface area (Å²) in [6.45, 7) is 0.655. The van der Waals surface area contributed by atoms with Crippen LogP contribution in [0.1, 0.15) is 36.2 Å². The highest BCUT2D eigenvalue weighted by atomic mass is 16.3. The monoisotopic (exact) mass is 273 g/mol. The maximum Gasteiger partial charge on any atom is 0.287 e. The number of furan rings is 1. The van der Waals surface area contributed by atoms with Crippen molar-refractivity contribution < 1.29 is 14.3 Å². The van der Waals surface area contributed by atoms with Crippen LogP contribution in [0.5, 0.6) is 0 Å². The van der Waals surface area contributed by atoms with E-state index < -0.39 is 0 Å². The molecule has 4 nitrogen and oxygen atoms in total. The summed E-state index contributed by atoms with van der Waals surface area (Å²) in [6.07, 6.45) is 3.47. The molecule has 1 fully saturated rings. The van der Waals surface area contributed by atoms with E-state index >= 15 is 0 Å². The maximum atomic E-state index is 12.1. The smallest absolute Gasteiger partial charge is 0.287 e. The Balaban J connectivity index is 1.59. The van der Waals surface area contributed by atoms with Gasteiger partial charge in [0.15, 0.2) is 5.76 Å². The summed E-state index contributed by atoms with van der Waals surface area (Å²) < 4.78 is 5.53. The van der Waals surface area contributed by atoms with Crippen LogP contribution in [0.15, 0.2) is 34.7 Å². The number of rotatable bonds is 3. The van der Waals surface area contributed by atoms with Crippen LogP contribution in [0.25, 0.3) is 11.0 Å². The summed E-state index contributed by atoms with van der Waals surface area (Å²) in [6, 6.07) is 9.37. The first-order valence-corrected chi connectivity index (χ1v) is 7.17. The van der Waals surface area contributed by atoms with Gasteiger partial charge in [-0.2, -0.15) is 0 Å². The molecule has 0 unspecified atom stereocenters. The zero-order chi connectivity index (χ0) is 13.9. The fourth-order valence-electron chi connectivity index (χ4n) is 2.77. The van der Waals surface area contributed by atoms with Crippen LogP contribution in [0.2, 0.25) is 0 Å². The maximum absolute atomic E-state index is 12.1. The molecule has 0 radical (unpaired) electrons. The molecule has 3 rings (SSSR count). The number of hydrogen-bond donors (Lipinski definition) is 2. The molecule has 0 spiro atoms. The van der Waals surface area contributed by atoms with Gasteiger partial charge in [-0.1, -0.05) is 18.2 Å². The first-order valence-electron chi connectivity index (χ1n) is 7.17. The fraction of sp³-hybridized carbons (Fsp3) is 0.438. The van der Waals surface area contributed by atoms with Crippen molar-refractivity contribution in [2.24, 2.45) is 5.92 Å². The van der Waals surface area contributed by atoms with Gasteiger partial charge in [-0.05, 0) is 43.7 Å². The van der Waals surface area contributed by atoms with Crippen LogP contribution < -0.4 is 5.32 Å². The molecular formula is C16H19NO3. The van der Waals surface area contributed by atoms with E-state index in [2.05, 4.69) is 5.32 Å². The molecule has 1 aromatic carbocycles. The Morgan fingerprint density at radius 1 is 1.25 bits per heavy atom. The largest absolute Gasteiger partial charge is 0.451 e. The first kappa shape index (κ1) is 13.2. The van der Waals surface area contributed by atoms with E-state index in [1.54, 1.807) is 6.07 Å². The number of para-hydroxylation sites is 1. The zero-order valence-corrected chi connectivity index (χ0v) is 11.3. The molecular weight excluding hydrogens is 254 g/mol. The molecule has 2 N–H and O–H groups in total. The second-order valence-electron chi connectivity index (χ2n) is 5.53. The number of amides is 1. The second-order valence-corrected chi connectivity index (χ2v) is 5.53. The van der Waals surface area contributed by atoms with Crippen molar-refractivity contribution in [1.82, 2.24) is 5.32 Å². The van der Waals surface area contributed by atoms with Crippen LogP contribution in [-0.4, -0.2) is 23.7 Å². The number of benzene rings is 1. The van der Waals surface area contributed by atoms with Crippen molar-refractivity contribution in [1.29, 1.82) is 0 Å². The van der Waals surface area contributed by atoms with Gasteiger partial charge in [0.1, 0.15) is 5.58 Å². The van der Waals surface area contributed by atoms with E-state index in [-0.39, 0.29) is 12.0 Å². The van der Waals surface area contributed by atoms with Gasteiger partial charge in [0.05, 0.1) is 6.10 Å². The summed E-state index contributed by atoms with van der Waals surface area (Å²) >= 11 is 0. The van der Waals surface area contributed by atoms with E-state index in [1.807, 2.05) is 24.3 Å². The van der Waals surface area contributed by atoms with Gasteiger partial charge in [-0.15, -0.1) is 0 Å². The molecule has 0 atom stereocenters. The van der Waals surface area contributed by atoms with Crippen molar-refractivity contribution in [3.8, 4) is 0 Å². The average Bonchev–Trinajstić information content (AvgIpc) is 2.90. The molecule has 106 valence electrons. The van der Waals surface area contributed by atoms with Crippen molar-refractivity contribution in [2.45, 2.75) is 31.8 Å². The minimum absolute atomic E-state index is 0.155. The molecule has 0 aliphatic heterocycles. The lowest BCUT2D eigenvalue weighted by atomic mass is 9.87. The van der Waals surface area contributed by atoms with Crippen molar-refractivity contribution in [3.63, 3.8) is 0 Å². The van der Waals surface area contributed by atoms with Crippen molar-refractivity contribution in [2.75, 3.05) is 6.54 Å². The lowest BCUT2D eigenvalue weighted by Gasteiger charge is -2.25. The number of carbonyl (C=O) groups excluding carboxylic acids is 1. The Labute approximate surface area is 117 Å². The van der Waals surface area contributed by atoms with Gasteiger partial charge in [0.25, 0.3) is 5.91 Å². The molecule has 1 aliphatic carbocycles. The molecule has 1 amide bonds. The van der Waals surface area contributed by atoms with Crippen LogP contribution in [0.3, 0.4) is 0 Å². The van der Waals surface area contributed by atoms with Gasteiger partial charge in [0, 0.05) is 11.9 Å². The van der Waals surface area contributed by atoms with Crippen LogP contribution in [-0.2, 0) is 0 Å².